The summed E-state index contributed by atoms with van der Waals surface area (Å²) in [6.07, 6.45) is 0. The number of benzene rings is 1. The maximum atomic E-state index is 12.9. The molecule has 78 valence electrons. The average molecular weight is 261 g/mol. The zero-order valence-corrected chi connectivity index (χ0v) is 9.97. The molecule has 0 saturated carbocycles. The first-order valence-corrected chi connectivity index (χ1v) is 5.70. The van der Waals surface area contributed by atoms with Gasteiger partial charge in [-0.05, 0) is 36.6 Å². The molecule has 1 rings (SSSR count). The Kier molecular flexibility index (Phi) is 4.39. The lowest BCUT2D eigenvalue weighted by Gasteiger charge is -2.10. The minimum absolute atomic E-state index is 0.189. The van der Waals surface area contributed by atoms with Crippen LogP contribution >= 0.6 is 15.9 Å². The first-order chi connectivity index (χ1) is 6.63. The highest BCUT2D eigenvalue weighted by Gasteiger charge is 2.03. The lowest BCUT2D eigenvalue weighted by atomic mass is 10.2. The van der Waals surface area contributed by atoms with E-state index in [2.05, 4.69) is 22.9 Å². The third kappa shape index (κ3) is 3.29. The van der Waals surface area contributed by atoms with Gasteiger partial charge in [0.1, 0.15) is 11.6 Å². The third-order valence-corrected chi connectivity index (χ3v) is 3.03. The molecule has 0 N–H and O–H groups in total. The molecule has 1 atom stereocenters. The Balaban J connectivity index is 2.55. The third-order valence-electron chi connectivity index (χ3n) is 1.93. The van der Waals surface area contributed by atoms with E-state index in [1.807, 2.05) is 0 Å². The van der Waals surface area contributed by atoms with Crippen molar-refractivity contribution in [3.8, 4) is 5.75 Å². The molecule has 0 aromatic heterocycles. The molecule has 1 nitrogen and oxygen atoms in total. The number of halogens is 2. The van der Waals surface area contributed by atoms with Crippen LogP contribution in [0.3, 0.4) is 0 Å². The highest BCUT2D eigenvalue weighted by atomic mass is 79.9. The Labute approximate surface area is 92.4 Å². The maximum absolute atomic E-state index is 12.9. The fourth-order valence-electron chi connectivity index (χ4n) is 0.990. The molecule has 1 unspecified atom stereocenters. The van der Waals surface area contributed by atoms with Gasteiger partial charge in [0, 0.05) is 5.33 Å². The normalized spacial score (nSPS) is 12.6. The van der Waals surface area contributed by atoms with Crippen LogP contribution < -0.4 is 4.74 Å². The zero-order valence-electron chi connectivity index (χ0n) is 8.39. The molecule has 0 aliphatic heterocycles. The van der Waals surface area contributed by atoms with Crippen molar-refractivity contribution in [2.24, 2.45) is 5.92 Å². The highest BCUT2D eigenvalue weighted by Crippen LogP contribution is 2.16. The molecule has 0 amide bonds. The van der Waals surface area contributed by atoms with E-state index < -0.39 is 0 Å². The molecule has 14 heavy (non-hydrogen) atoms. The van der Waals surface area contributed by atoms with Gasteiger partial charge >= 0.3 is 0 Å². The smallest absolute Gasteiger partial charge is 0.126 e. The van der Waals surface area contributed by atoms with Gasteiger partial charge < -0.3 is 4.74 Å². The summed E-state index contributed by atoms with van der Waals surface area (Å²) in [5, 5.41) is 0.910. The van der Waals surface area contributed by atoms with Gasteiger partial charge in [0.2, 0.25) is 0 Å². The summed E-state index contributed by atoms with van der Waals surface area (Å²) < 4.78 is 18.4. The Bertz CT molecular complexity index is 301. The van der Waals surface area contributed by atoms with E-state index in [1.165, 1.54) is 6.07 Å². The Morgan fingerprint density at radius 2 is 2.21 bits per heavy atom. The van der Waals surface area contributed by atoms with Gasteiger partial charge in [-0.25, -0.2) is 4.39 Å². The molecule has 3 heteroatoms. The molecular formula is C11H14BrFO. The average Bonchev–Trinajstić information content (AvgIpc) is 2.19. The van der Waals surface area contributed by atoms with Crippen LogP contribution in [-0.4, -0.2) is 11.9 Å². The number of alkyl halides is 1. The highest BCUT2D eigenvalue weighted by molar-refractivity contribution is 9.09. The zero-order chi connectivity index (χ0) is 10.6. The molecule has 0 saturated heterocycles. The second-order valence-electron chi connectivity index (χ2n) is 3.48. The summed E-state index contributed by atoms with van der Waals surface area (Å²) in [5.74, 6) is 1.00. The molecular weight excluding hydrogens is 247 g/mol. The molecule has 0 heterocycles. The lowest BCUT2D eigenvalue weighted by molar-refractivity contribution is 0.273. The van der Waals surface area contributed by atoms with Crippen LogP contribution in [0, 0.1) is 18.7 Å². The minimum atomic E-state index is -0.189. The standard InChI is InChI=1S/C11H14BrFO/c1-8(6-12)7-14-10-3-4-11(13)9(2)5-10/h3-5,8H,6-7H2,1-2H3. The Morgan fingerprint density at radius 3 is 2.79 bits per heavy atom. The van der Waals surface area contributed by atoms with Crippen LogP contribution in [0.25, 0.3) is 0 Å². The fourth-order valence-corrected chi connectivity index (χ4v) is 1.18. The van der Waals surface area contributed by atoms with Crippen molar-refractivity contribution in [1.29, 1.82) is 0 Å². The van der Waals surface area contributed by atoms with Gasteiger partial charge in [-0.3, -0.25) is 0 Å². The van der Waals surface area contributed by atoms with E-state index >= 15 is 0 Å². The van der Waals surface area contributed by atoms with E-state index in [9.17, 15) is 4.39 Å². The van der Waals surface area contributed by atoms with Crippen molar-refractivity contribution in [3.05, 3.63) is 29.6 Å². The minimum Gasteiger partial charge on any atom is -0.493 e. The first-order valence-electron chi connectivity index (χ1n) is 4.58. The SMILES string of the molecule is Cc1cc(OCC(C)CBr)ccc1F. The van der Waals surface area contributed by atoms with Crippen LogP contribution in [0.1, 0.15) is 12.5 Å². The molecule has 0 spiro atoms. The molecule has 0 fully saturated rings. The predicted octanol–water partition coefficient (Wildman–Crippen LogP) is 3.54. The monoisotopic (exact) mass is 260 g/mol. The predicted molar refractivity (Wildman–Crippen MR) is 59.6 cm³/mol. The molecule has 0 aliphatic rings. The molecule has 1 aromatic carbocycles. The van der Waals surface area contributed by atoms with Gasteiger partial charge in [-0.15, -0.1) is 0 Å². The van der Waals surface area contributed by atoms with Gasteiger partial charge in [0.15, 0.2) is 0 Å². The van der Waals surface area contributed by atoms with Crippen molar-refractivity contribution in [3.63, 3.8) is 0 Å². The Morgan fingerprint density at radius 1 is 1.50 bits per heavy atom. The van der Waals surface area contributed by atoms with E-state index in [-0.39, 0.29) is 5.82 Å². The van der Waals surface area contributed by atoms with Crippen molar-refractivity contribution < 1.29 is 9.13 Å². The van der Waals surface area contributed by atoms with Crippen LogP contribution in [-0.2, 0) is 0 Å². The van der Waals surface area contributed by atoms with Crippen molar-refractivity contribution in [2.45, 2.75) is 13.8 Å². The first kappa shape index (κ1) is 11.5. The van der Waals surface area contributed by atoms with Crippen molar-refractivity contribution in [1.82, 2.24) is 0 Å². The van der Waals surface area contributed by atoms with Gasteiger partial charge in [-0.2, -0.15) is 0 Å². The van der Waals surface area contributed by atoms with Crippen molar-refractivity contribution >= 4 is 15.9 Å². The Hall–Kier alpha value is -0.570. The van der Waals surface area contributed by atoms with E-state index in [1.54, 1.807) is 19.1 Å². The molecule has 1 aromatic rings. The van der Waals surface area contributed by atoms with Gasteiger partial charge in [-0.1, -0.05) is 22.9 Å². The summed E-state index contributed by atoms with van der Waals surface area (Å²) in [4.78, 5) is 0. The van der Waals surface area contributed by atoms with Crippen LogP contribution in [0.2, 0.25) is 0 Å². The molecule has 0 radical (unpaired) electrons. The van der Waals surface area contributed by atoms with Gasteiger partial charge in [0.25, 0.3) is 0 Å². The number of aryl methyl sites for hydroxylation is 1. The number of ether oxygens (including phenoxy) is 1. The largest absolute Gasteiger partial charge is 0.493 e. The lowest BCUT2D eigenvalue weighted by Crippen LogP contribution is -2.09. The summed E-state index contributed by atoms with van der Waals surface area (Å²) in [6, 6.07) is 4.81. The quantitative estimate of drug-likeness (QED) is 0.753. The van der Waals surface area contributed by atoms with E-state index in [0.29, 0.717) is 18.1 Å². The second kappa shape index (κ2) is 5.35. The van der Waals surface area contributed by atoms with Gasteiger partial charge in [0.05, 0.1) is 6.61 Å². The molecule has 0 bridgehead atoms. The van der Waals surface area contributed by atoms with E-state index in [0.717, 1.165) is 11.1 Å². The number of hydrogen-bond acceptors (Lipinski definition) is 1. The number of hydrogen-bond donors (Lipinski definition) is 0. The van der Waals surface area contributed by atoms with Crippen molar-refractivity contribution in [2.75, 3.05) is 11.9 Å². The van der Waals surface area contributed by atoms with Crippen LogP contribution in [0.15, 0.2) is 18.2 Å². The summed E-state index contributed by atoms with van der Waals surface area (Å²) in [5.41, 5.74) is 0.619. The second-order valence-corrected chi connectivity index (χ2v) is 4.13. The summed E-state index contributed by atoms with van der Waals surface area (Å²) in [7, 11) is 0. The molecule has 0 aliphatic carbocycles. The topological polar surface area (TPSA) is 9.23 Å². The number of rotatable bonds is 4. The van der Waals surface area contributed by atoms with E-state index in [4.69, 9.17) is 4.74 Å². The van der Waals surface area contributed by atoms with Crippen LogP contribution in [0.4, 0.5) is 4.39 Å². The summed E-state index contributed by atoms with van der Waals surface area (Å²) >= 11 is 3.37. The maximum Gasteiger partial charge on any atom is 0.126 e. The summed E-state index contributed by atoms with van der Waals surface area (Å²) in [6.45, 7) is 4.47. The fraction of sp³-hybridized carbons (Fsp3) is 0.455. The van der Waals surface area contributed by atoms with Crippen LogP contribution in [0.5, 0.6) is 5.75 Å².